The third-order valence-electron chi connectivity index (χ3n) is 4.46. The maximum absolute atomic E-state index is 13.6. The predicted molar refractivity (Wildman–Crippen MR) is 108 cm³/mol. The number of hydrogen-bond acceptors (Lipinski definition) is 5. The minimum Gasteiger partial charge on any atom is -0.448 e. The summed E-state index contributed by atoms with van der Waals surface area (Å²) in [6.07, 6.45) is 0. The Hall–Kier alpha value is -3.52. The fourth-order valence-corrected chi connectivity index (χ4v) is 4.02. The van der Waals surface area contributed by atoms with Gasteiger partial charge in [0.05, 0.1) is 10.2 Å². The highest BCUT2D eigenvalue weighted by atomic mass is 32.1. The molecule has 0 bridgehead atoms. The number of aromatic nitrogens is 1. The molecule has 0 aliphatic carbocycles. The van der Waals surface area contributed by atoms with E-state index in [1.54, 1.807) is 6.07 Å². The molecule has 0 aliphatic rings. The number of fused-ring (bicyclic) bond motifs is 1. The maximum atomic E-state index is 13.6. The highest BCUT2D eigenvalue weighted by molar-refractivity contribution is 7.21. The molecular weight excluding hydrogens is 393 g/mol. The van der Waals surface area contributed by atoms with Crippen molar-refractivity contribution in [1.82, 2.24) is 9.88 Å². The second-order valence-electron chi connectivity index (χ2n) is 6.43. The van der Waals surface area contributed by atoms with Crippen molar-refractivity contribution in [3.8, 4) is 10.8 Å². The van der Waals surface area contributed by atoms with Crippen LogP contribution in [0.5, 0.6) is 0 Å². The topological polar surface area (TPSA) is 89.4 Å². The van der Waals surface area contributed by atoms with Gasteiger partial charge < -0.3 is 15.1 Å². The smallest absolute Gasteiger partial charge is 0.290 e. The van der Waals surface area contributed by atoms with Crippen LogP contribution >= 0.6 is 11.3 Å². The fourth-order valence-electron chi connectivity index (χ4n) is 3.09. The number of primary amides is 1. The van der Waals surface area contributed by atoms with Crippen molar-refractivity contribution < 1.29 is 18.4 Å². The number of thiazole rings is 1. The lowest BCUT2D eigenvalue weighted by Crippen LogP contribution is -2.39. The number of carbonyl (C=O) groups is 2. The number of nitrogens with two attached hydrogens (primary N) is 1. The van der Waals surface area contributed by atoms with Gasteiger partial charge in [-0.15, -0.1) is 11.3 Å². The summed E-state index contributed by atoms with van der Waals surface area (Å²) in [5.74, 6) is -1.37. The second-order valence-corrected chi connectivity index (χ2v) is 7.46. The van der Waals surface area contributed by atoms with E-state index in [0.29, 0.717) is 10.8 Å². The molecule has 0 saturated heterocycles. The van der Waals surface area contributed by atoms with Crippen LogP contribution in [0.2, 0.25) is 0 Å². The van der Waals surface area contributed by atoms with Gasteiger partial charge in [-0.3, -0.25) is 9.59 Å². The Kier molecular flexibility index (Phi) is 4.85. The van der Waals surface area contributed by atoms with Gasteiger partial charge in [0.25, 0.3) is 5.91 Å². The van der Waals surface area contributed by atoms with E-state index in [9.17, 15) is 14.0 Å². The van der Waals surface area contributed by atoms with Gasteiger partial charge in [-0.1, -0.05) is 24.3 Å². The van der Waals surface area contributed by atoms with Crippen LogP contribution in [0.3, 0.4) is 0 Å². The Morgan fingerprint density at radius 2 is 1.93 bits per heavy atom. The lowest BCUT2D eigenvalue weighted by Gasteiger charge is -2.25. The summed E-state index contributed by atoms with van der Waals surface area (Å²) in [6.45, 7) is 0. The molecule has 2 aromatic carbocycles. The third-order valence-corrected chi connectivity index (χ3v) is 5.51. The second kappa shape index (κ2) is 7.48. The monoisotopic (exact) mass is 409 g/mol. The highest BCUT2D eigenvalue weighted by Crippen LogP contribution is 2.32. The Morgan fingerprint density at radius 1 is 1.14 bits per heavy atom. The van der Waals surface area contributed by atoms with E-state index in [1.807, 2.05) is 24.3 Å². The molecule has 146 valence electrons. The molecule has 4 rings (SSSR count). The first-order valence-electron chi connectivity index (χ1n) is 8.72. The number of amides is 2. The number of hydrogen-bond donors (Lipinski definition) is 1. The molecule has 4 aromatic rings. The van der Waals surface area contributed by atoms with Crippen molar-refractivity contribution >= 4 is 33.4 Å². The van der Waals surface area contributed by atoms with Gasteiger partial charge in [0.15, 0.2) is 16.5 Å². The van der Waals surface area contributed by atoms with Crippen LogP contribution in [0, 0.1) is 5.82 Å². The van der Waals surface area contributed by atoms with Crippen LogP contribution in [0.4, 0.5) is 4.39 Å². The number of halogens is 1. The molecule has 0 fully saturated rings. The summed E-state index contributed by atoms with van der Waals surface area (Å²) in [7, 11) is 1.42. The SMILES string of the molecule is CN(C(=O)c1ccc(-c2nc3ccccc3s2)o1)C(C(N)=O)c1cccc(F)c1. The molecule has 0 aliphatic heterocycles. The highest BCUT2D eigenvalue weighted by Gasteiger charge is 2.29. The van der Waals surface area contributed by atoms with Crippen LogP contribution in [0.1, 0.15) is 22.2 Å². The molecule has 2 amide bonds. The van der Waals surface area contributed by atoms with E-state index in [1.165, 1.54) is 48.7 Å². The molecule has 1 unspecified atom stereocenters. The standard InChI is InChI=1S/C21H16FN3O3S/c1-25(18(19(23)26)12-5-4-6-13(22)11-12)21(27)16-10-9-15(28-16)20-24-14-7-2-3-8-17(14)29-20/h2-11,18H,1H3,(H2,23,26). The molecule has 29 heavy (non-hydrogen) atoms. The molecule has 0 spiro atoms. The number of rotatable bonds is 5. The van der Waals surface area contributed by atoms with E-state index in [0.717, 1.165) is 15.1 Å². The summed E-state index contributed by atoms with van der Waals surface area (Å²) >= 11 is 1.45. The van der Waals surface area contributed by atoms with E-state index in [-0.39, 0.29) is 11.3 Å². The molecule has 2 aromatic heterocycles. The Bertz CT molecular complexity index is 1180. The minimum absolute atomic E-state index is 0.0319. The molecular formula is C21H16FN3O3S. The molecule has 6 nitrogen and oxygen atoms in total. The third kappa shape index (κ3) is 3.62. The van der Waals surface area contributed by atoms with E-state index in [2.05, 4.69) is 4.98 Å². The van der Waals surface area contributed by atoms with Gasteiger partial charge in [0.1, 0.15) is 11.9 Å². The zero-order valence-corrected chi connectivity index (χ0v) is 16.2. The summed E-state index contributed by atoms with van der Waals surface area (Å²) < 4.78 is 20.3. The van der Waals surface area contributed by atoms with Crippen molar-refractivity contribution in [2.45, 2.75) is 6.04 Å². The lowest BCUT2D eigenvalue weighted by molar-refractivity contribution is -0.122. The zero-order chi connectivity index (χ0) is 20.5. The van der Waals surface area contributed by atoms with Gasteiger partial charge >= 0.3 is 0 Å². The fraction of sp³-hybridized carbons (Fsp3) is 0.0952. The Balaban J connectivity index is 1.62. The maximum Gasteiger partial charge on any atom is 0.290 e. The molecule has 1 atom stereocenters. The summed E-state index contributed by atoms with van der Waals surface area (Å²) in [5.41, 5.74) is 6.61. The number of nitrogens with zero attached hydrogens (tertiary/aromatic N) is 2. The number of furan rings is 1. The molecule has 8 heteroatoms. The van der Waals surface area contributed by atoms with Crippen molar-refractivity contribution in [3.05, 3.63) is 77.8 Å². The largest absolute Gasteiger partial charge is 0.448 e. The Morgan fingerprint density at radius 3 is 2.66 bits per heavy atom. The number of benzene rings is 2. The first kappa shape index (κ1) is 18.8. The minimum atomic E-state index is -1.13. The first-order chi connectivity index (χ1) is 13.9. The van der Waals surface area contributed by atoms with E-state index in [4.69, 9.17) is 10.2 Å². The van der Waals surface area contributed by atoms with Crippen LogP contribution in [0.15, 0.2) is 65.1 Å². The molecule has 0 saturated carbocycles. The van der Waals surface area contributed by atoms with Crippen LogP contribution in [-0.2, 0) is 4.79 Å². The van der Waals surface area contributed by atoms with Crippen molar-refractivity contribution in [1.29, 1.82) is 0 Å². The van der Waals surface area contributed by atoms with Crippen molar-refractivity contribution in [2.24, 2.45) is 5.73 Å². The first-order valence-corrected chi connectivity index (χ1v) is 9.53. The van der Waals surface area contributed by atoms with Crippen LogP contribution in [0.25, 0.3) is 21.0 Å². The molecule has 0 radical (unpaired) electrons. The van der Waals surface area contributed by atoms with Gasteiger partial charge in [-0.05, 0) is 42.0 Å². The summed E-state index contributed by atoms with van der Waals surface area (Å²) in [4.78, 5) is 30.5. The van der Waals surface area contributed by atoms with Crippen molar-refractivity contribution in [3.63, 3.8) is 0 Å². The zero-order valence-electron chi connectivity index (χ0n) is 15.3. The summed E-state index contributed by atoms with van der Waals surface area (Å²) in [5, 5.41) is 0.643. The van der Waals surface area contributed by atoms with Crippen molar-refractivity contribution in [2.75, 3.05) is 7.05 Å². The van der Waals surface area contributed by atoms with E-state index < -0.39 is 23.7 Å². The number of para-hydroxylation sites is 1. The number of likely N-dealkylation sites (N-methyl/N-ethyl adjacent to an activating group) is 1. The molecule has 2 heterocycles. The normalized spacial score (nSPS) is 12.1. The van der Waals surface area contributed by atoms with Crippen LogP contribution < -0.4 is 5.73 Å². The average Bonchev–Trinajstić information content (AvgIpc) is 3.34. The predicted octanol–water partition coefficient (Wildman–Crippen LogP) is 3.99. The van der Waals surface area contributed by atoms with Gasteiger partial charge in [-0.2, -0.15) is 0 Å². The van der Waals surface area contributed by atoms with Gasteiger partial charge in [0, 0.05) is 7.05 Å². The summed E-state index contributed by atoms with van der Waals surface area (Å²) in [6, 6.07) is 15.1. The quantitative estimate of drug-likeness (QED) is 0.540. The van der Waals surface area contributed by atoms with E-state index >= 15 is 0 Å². The van der Waals surface area contributed by atoms with Gasteiger partial charge in [-0.25, -0.2) is 9.37 Å². The van der Waals surface area contributed by atoms with Crippen LogP contribution in [-0.4, -0.2) is 28.7 Å². The molecule has 2 N–H and O–H groups in total. The average molecular weight is 409 g/mol. The van der Waals surface area contributed by atoms with Gasteiger partial charge in [0.2, 0.25) is 5.91 Å². The Labute approximate surface area is 169 Å². The number of carbonyl (C=O) groups excluding carboxylic acids is 2. The lowest BCUT2D eigenvalue weighted by atomic mass is 10.0.